The second-order valence-corrected chi connectivity index (χ2v) is 2.61. The molecule has 0 aromatic carbocycles. The number of nitrogens with zero attached hydrogens (tertiary/aromatic N) is 1. The monoisotopic (exact) mass is 172 g/mol. The lowest BCUT2D eigenvalue weighted by molar-refractivity contribution is 0.299. The topological polar surface area (TPSA) is 59.1 Å². The van der Waals surface area contributed by atoms with Gasteiger partial charge in [-0.05, 0) is 18.1 Å². The lowest BCUT2D eigenvalue weighted by atomic mass is 10.2. The minimum absolute atomic E-state index is 0.0617. The minimum atomic E-state index is 0.0617. The molecule has 0 bridgehead atoms. The summed E-state index contributed by atoms with van der Waals surface area (Å²) in [4.78, 5) is 3.83. The number of aliphatic hydroxyl groups excluding tert-OH is 1. The van der Waals surface area contributed by atoms with Gasteiger partial charge in [-0.2, -0.15) is 0 Å². The van der Waals surface area contributed by atoms with E-state index >= 15 is 0 Å². The summed E-state index contributed by atoms with van der Waals surface area (Å²) in [7, 11) is 0. The van der Waals surface area contributed by atoms with Crippen molar-refractivity contribution in [2.75, 3.05) is 12.3 Å². The first-order valence-electron chi connectivity index (χ1n) is 3.25. The van der Waals surface area contributed by atoms with E-state index in [2.05, 4.69) is 4.98 Å². The summed E-state index contributed by atoms with van der Waals surface area (Å²) in [6.45, 7) is 0.0617. The third kappa shape index (κ3) is 2.06. The van der Waals surface area contributed by atoms with Crippen molar-refractivity contribution in [3.63, 3.8) is 0 Å². The van der Waals surface area contributed by atoms with Gasteiger partial charge in [0.1, 0.15) is 5.82 Å². The van der Waals surface area contributed by atoms with E-state index in [-0.39, 0.29) is 6.61 Å². The van der Waals surface area contributed by atoms with E-state index in [0.29, 0.717) is 17.3 Å². The maximum absolute atomic E-state index is 8.61. The van der Waals surface area contributed by atoms with E-state index in [1.165, 1.54) is 6.20 Å². The van der Waals surface area contributed by atoms with Crippen molar-refractivity contribution in [1.29, 1.82) is 0 Å². The Morgan fingerprint density at radius 2 is 2.36 bits per heavy atom. The van der Waals surface area contributed by atoms with Gasteiger partial charge in [-0.1, -0.05) is 11.6 Å². The van der Waals surface area contributed by atoms with Gasteiger partial charge in [-0.25, -0.2) is 4.98 Å². The highest BCUT2D eigenvalue weighted by atomic mass is 35.5. The molecule has 1 aromatic rings. The number of nitrogen functional groups attached to an aromatic ring is 1. The fourth-order valence-corrected chi connectivity index (χ4v) is 0.993. The number of rotatable bonds is 2. The summed E-state index contributed by atoms with van der Waals surface area (Å²) < 4.78 is 0. The van der Waals surface area contributed by atoms with E-state index in [9.17, 15) is 0 Å². The predicted molar refractivity (Wildman–Crippen MR) is 44.4 cm³/mol. The largest absolute Gasteiger partial charge is 0.396 e. The van der Waals surface area contributed by atoms with Crippen LogP contribution >= 0.6 is 11.6 Å². The van der Waals surface area contributed by atoms with Crippen molar-refractivity contribution in [2.24, 2.45) is 0 Å². The molecule has 60 valence electrons. The molecule has 0 saturated heterocycles. The van der Waals surface area contributed by atoms with Crippen molar-refractivity contribution >= 4 is 17.4 Å². The Bertz CT molecular complexity index is 252. The standard InChI is InChI=1S/C7H9ClN2O/c8-6-3-5(1-2-11)7(9)10-4-6/h3-4,11H,1-2H2,(H2,9,10). The molecule has 0 atom stereocenters. The smallest absolute Gasteiger partial charge is 0.126 e. The van der Waals surface area contributed by atoms with E-state index in [0.717, 1.165) is 5.56 Å². The van der Waals surface area contributed by atoms with Crippen molar-refractivity contribution < 1.29 is 5.11 Å². The van der Waals surface area contributed by atoms with Crippen LogP contribution in [-0.2, 0) is 6.42 Å². The molecule has 0 aliphatic heterocycles. The van der Waals surface area contributed by atoms with Crippen LogP contribution in [0.4, 0.5) is 5.82 Å². The lowest BCUT2D eigenvalue weighted by Crippen LogP contribution is -1.99. The fourth-order valence-electron chi connectivity index (χ4n) is 0.812. The van der Waals surface area contributed by atoms with Gasteiger partial charge in [0, 0.05) is 12.8 Å². The van der Waals surface area contributed by atoms with Gasteiger partial charge in [0.15, 0.2) is 0 Å². The van der Waals surface area contributed by atoms with Crippen molar-refractivity contribution in [3.8, 4) is 0 Å². The Morgan fingerprint density at radius 3 is 3.00 bits per heavy atom. The first-order chi connectivity index (χ1) is 5.24. The third-order valence-corrected chi connectivity index (χ3v) is 1.56. The van der Waals surface area contributed by atoms with Crippen LogP contribution in [0.1, 0.15) is 5.56 Å². The van der Waals surface area contributed by atoms with E-state index < -0.39 is 0 Å². The van der Waals surface area contributed by atoms with Crippen LogP contribution in [0, 0.1) is 0 Å². The van der Waals surface area contributed by atoms with Gasteiger partial charge < -0.3 is 10.8 Å². The van der Waals surface area contributed by atoms with Crippen LogP contribution in [0.2, 0.25) is 5.02 Å². The van der Waals surface area contributed by atoms with Crippen LogP contribution in [0.5, 0.6) is 0 Å². The van der Waals surface area contributed by atoms with Gasteiger partial charge in [0.05, 0.1) is 5.02 Å². The lowest BCUT2D eigenvalue weighted by Gasteiger charge is -2.01. The molecule has 3 nitrogen and oxygen atoms in total. The van der Waals surface area contributed by atoms with E-state index in [1.807, 2.05) is 0 Å². The Kier molecular flexibility index (Phi) is 2.68. The maximum atomic E-state index is 8.61. The van der Waals surface area contributed by atoms with Crippen molar-refractivity contribution in [3.05, 3.63) is 22.8 Å². The number of nitrogens with two attached hydrogens (primary N) is 1. The zero-order valence-electron chi connectivity index (χ0n) is 5.92. The predicted octanol–water partition coefficient (Wildman–Crippen LogP) is 0.852. The second-order valence-electron chi connectivity index (χ2n) is 2.17. The summed E-state index contributed by atoms with van der Waals surface area (Å²) >= 11 is 5.65. The molecular formula is C7H9ClN2O. The summed E-state index contributed by atoms with van der Waals surface area (Å²) in [6, 6.07) is 1.71. The Balaban J connectivity index is 2.93. The average molecular weight is 173 g/mol. The molecule has 0 amide bonds. The number of hydrogen-bond donors (Lipinski definition) is 2. The van der Waals surface area contributed by atoms with Gasteiger partial charge >= 0.3 is 0 Å². The Hall–Kier alpha value is -0.800. The molecule has 0 fully saturated rings. The first kappa shape index (κ1) is 8.30. The molecule has 0 radical (unpaired) electrons. The number of aliphatic hydroxyl groups is 1. The summed E-state index contributed by atoms with van der Waals surface area (Å²) in [6.07, 6.45) is 1.98. The van der Waals surface area contributed by atoms with Crippen molar-refractivity contribution in [1.82, 2.24) is 4.98 Å². The van der Waals surface area contributed by atoms with Crippen LogP contribution < -0.4 is 5.73 Å². The summed E-state index contributed by atoms with van der Waals surface area (Å²) in [5, 5.41) is 9.15. The van der Waals surface area contributed by atoms with Crippen molar-refractivity contribution in [2.45, 2.75) is 6.42 Å². The van der Waals surface area contributed by atoms with Crippen LogP contribution in [0.25, 0.3) is 0 Å². The quantitative estimate of drug-likeness (QED) is 0.696. The molecule has 0 unspecified atom stereocenters. The summed E-state index contributed by atoms with van der Waals surface area (Å²) in [5.41, 5.74) is 6.29. The molecule has 1 aromatic heterocycles. The third-order valence-electron chi connectivity index (χ3n) is 1.35. The highest BCUT2D eigenvalue weighted by Gasteiger charge is 1.99. The summed E-state index contributed by atoms with van der Waals surface area (Å²) in [5.74, 6) is 0.434. The highest BCUT2D eigenvalue weighted by Crippen LogP contribution is 2.14. The van der Waals surface area contributed by atoms with Crippen LogP contribution in [0.3, 0.4) is 0 Å². The number of pyridine rings is 1. The molecule has 1 rings (SSSR count). The number of halogens is 1. The molecule has 3 N–H and O–H groups in total. The van der Waals surface area contributed by atoms with Crippen LogP contribution in [-0.4, -0.2) is 16.7 Å². The zero-order chi connectivity index (χ0) is 8.27. The molecule has 1 heterocycles. The zero-order valence-corrected chi connectivity index (χ0v) is 6.67. The SMILES string of the molecule is Nc1ncc(Cl)cc1CCO. The molecule has 0 spiro atoms. The molecule has 4 heteroatoms. The van der Waals surface area contributed by atoms with Gasteiger partial charge in [-0.15, -0.1) is 0 Å². The fraction of sp³-hybridized carbons (Fsp3) is 0.286. The Labute approximate surface area is 69.8 Å². The van der Waals surface area contributed by atoms with E-state index in [1.54, 1.807) is 6.07 Å². The molecule has 0 aliphatic carbocycles. The molecular weight excluding hydrogens is 164 g/mol. The maximum Gasteiger partial charge on any atom is 0.126 e. The number of hydrogen-bond acceptors (Lipinski definition) is 3. The number of anilines is 1. The Morgan fingerprint density at radius 1 is 1.64 bits per heavy atom. The van der Waals surface area contributed by atoms with Gasteiger partial charge in [0.2, 0.25) is 0 Å². The molecule has 0 saturated carbocycles. The normalized spacial score (nSPS) is 10.0. The first-order valence-corrected chi connectivity index (χ1v) is 3.62. The minimum Gasteiger partial charge on any atom is -0.396 e. The number of aromatic nitrogens is 1. The average Bonchev–Trinajstić information content (AvgIpc) is 1.98. The molecule has 0 aliphatic rings. The van der Waals surface area contributed by atoms with Crippen LogP contribution in [0.15, 0.2) is 12.3 Å². The molecule has 11 heavy (non-hydrogen) atoms. The van der Waals surface area contributed by atoms with E-state index in [4.69, 9.17) is 22.4 Å². The second kappa shape index (κ2) is 3.55. The highest BCUT2D eigenvalue weighted by molar-refractivity contribution is 6.30. The van der Waals surface area contributed by atoms with Gasteiger partial charge in [-0.3, -0.25) is 0 Å². The van der Waals surface area contributed by atoms with Gasteiger partial charge in [0.25, 0.3) is 0 Å².